The number of aromatic nitrogens is 1. The number of carbonyl (C=O) groups is 1. The van der Waals surface area contributed by atoms with Crippen molar-refractivity contribution in [1.82, 2.24) is 14.8 Å². The summed E-state index contributed by atoms with van der Waals surface area (Å²) in [5.41, 5.74) is 0.539. The Balaban J connectivity index is 1.57. The molecule has 1 amide bonds. The molecule has 1 aromatic heterocycles. The summed E-state index contributed by atoms with van der Waals surface area (Å²) < 4.78 is 47.1. The topological polar surface area (TPSA) is 92.5 Å². The quantitative estimate of drug-likeness (QED) is 0.756. The second kappa shape index (κ2) is 8.31. The van der Waals surface area contributed by atoms with Gasteiger partial charge in [-0.25, -0.2) is 12.8 Å². The Morgan fingerprint density at radius 1 is 1.27 bits per heavy atom. The molecule has 1 aliphatic carbocycles. The summed E-state index contributed by atoms with van der Waals surface area (Å²) in [5.74, 6) is -0.832. The van der Waals surface area contributed by atoms with Crippen molar-refractivity contribution in [3.05, 3.63) is 47.1 Å². The zero-order valence-electron chi connectivity index (χ0n) is 16.7. The van der Waals surface area contributed by atoms with Gasteiger partial charge in [-0.05, 0) is 50.8 Å². The molecule has 0 bridgehead atoms. The number of amides is 1. The molecule has 4 rings (SSSR count). The molecule has 7 nitrogen and oxygen atoms in total. The van der Waals surface area contributed by atoms with Gasteiger partial charge in [-0.2, -0.15) is 4.31 Å². The Morgan fingerprint density at radius 3 is 2.77 bits per heavy atom. The molecule has 1 atom stereocenters. The van der Waals surface area contributed by atoms with Crippen molar-refractivity contribution in [1.29, 1.82) is 0 Å². The Morgan fingerprint density at radius 2 is 2.03 bits per heavy atom. The molecule has 1 aliphatic heterocycles. The Bertz CT molecular complexity index is 1080. The van der Waals surface area contributed by atoms with Crippen LogP contribution >= 0.6 is 0 Å². The third kappa shape index (κ3) is 4.32. The fourth-order valence-corrected chi connectivity index (χ4v) is 5.40. The Hall–Kier alpha value is -2.52. The molecule has 2 fully saturated rings. The largest absolute Gasteiger partial charge is 0.355 e. The van der Waals surface area contributed by atoms with Crippen LogP contribution in [0.1, 0.15) is 42.7 Å². The first-order valence-corrected chi connectivity index (χ1v) is 11.5. The van der Waals surface area contributed by atoms with E-state index in [9.17, 15) is 17.6 Å². The second-order valence-corrected chi connectivity index (χ2v) is 9.68. The van der Waals surface area contributed by atoms with Gasteiger partial charge in [0.2, 0.25) is 15.9 Å². The molecule has 0 spiro atoms. The molecular weight excluding hydrogens is 409 g/mol. The molecule has 1 saturated carbocycles. The maximum atomic E-state index is 13.9. The van der Waals surface area contributed by atoms with Gasteiger partial charge in [0.25, 0.3) is 0 Å². The van der Waals surface area contributed by atoms with E-state index in [1.807, 2.05) is 0 Å². The van der Waals surface area contributed by atoms with Crippen molar-refractivity contribution in [3.8, 4) is 0 Å². The van der Waals surface area contributed by atoms with Crippen LogP contribution in [0.4, 0.5) is 4.39 Å². The van der Waals surface area contributed by atoms with Crippen LogP contribution in [0, 0.1) is 18.7 Å². The van der Waals surface area contributed by atoms with Gasteiger partial charge < -0.3 is 9.84 Å². The molecule has 1 saturated heterocycles. The number of nitrogens with zero attached hydrogens (tertiary/aromatic N) is 2. The summed E-state index contributed by atoms with van der Waals surface area (Å²) in [7, 11) is -3.92. The van der Waals surface area contributed by atoms with Crippen LogP contribution < -0.4 is 5.32 Å². The number of benzene rings is 1. The summed E-state index contributed by atoms with van der Waals surface area (Å²) in [6.45, 7) is 2.01. The fraction of sp³-hybridized carbons (Fsp3) is 0.429. The molecule has 1 N–H and O–H groups in total. The molecule has 0 unspecified atom stereocenters. The van der Waals surface area contributed by atoms with Crippen LogP contribution in [-0.4, -0.2) is 42.9 Å². The number of halogens is 1. The van der Waals surface area contributed by atoms with E-state index in [1.54, 1.807) is 25.1 Å². The smallest absolute Gasteiger partial charge is 0.248 e. The molecule has 0 radical (unpaired) electrons. The SMILES string of the molecule is Cc1noc(/C=C/c2ccccc2F)c1S(=O)(=O)N1CCC[C@@H](C(=O)NC2CC2)C1. The first kappa shape index (κ1) is 20.7. The maximum Gasteiger partial charge on any atom is 0.248 e. The van der Waals surface area contributed by atoms with E-state index < -0.39 is 15.8 Å². The number of piperidine rings is 1. The Labute approximate surface area is 175 Å². The summed E-state index contributed by atoms with van der Waals surface area (Å²) in [6.07, 6.45) is 6.10. The highest BCUT2D eigenvalue weighted by Crippen LogP contribution is 2.30. The number of sulfonamides is 1. The van der Waals surface area contributed by atoms with Gasteiger partial charge in [0.05, 0.1) is 5.92 Å². The summed E-state index contributed by atoms with van der Waals surface area (Å²) in [5, 5.41) is 6.77. The van der Waals surface area contributed by atoms with E-state index >= 15 is 0 Å². The molecular formula is C21H24FN3O4S. The molecule has 1 aromatic carbocycles. The van der Waals surface area contributed by atoms with Gasteiger partial charge in [-0.15, -0.1) is 0 Å². The van der Waals surface area contributed by atoms with E-state index in [0.29, 0.717) is 24.9 Å². The van der Waals surface area contributed by atoms with E-state index in [2.05, 4.69) is 10.5 Å². The van der Waals surface area contributed by atoms with Gasteiger partial charge in [-0.3, -0.25) is 4.79 Å². The van der Waals surface area contributed by atoms with Crippen molar-refractivity contribution in [3.63, 3.8) is 0 Å². The van der Waals surface area contributed by atoms with Crippen LogP contribution in [0.15, 0.2) is 33.7 Å². The minimum absolute atomic E-state index is 0.0420. The average molecular weight is 434 g/mol. The normalized spacial score (nSPS) is 20.5. The number of rotatable bonds is 6. The zero-order chi connectivity index (χ0) is 21.3. The van der Waals surface area contributed by atoms with Crippen LogP contribution in [0.3, 0.4) is 0 Å². The first-order valence-electron chi connectivity index (χ1n) is 10.1. The summed E-state index contributed by atoms with van der Waals surface area (Å²) in [4.78, 5) is 12.4. The van der Waals surface area contributed by atoms with E-state index in [-0.39, 0.29) is 40.8 Å². The highest BCUT2D eigenvalue weighted by molar-refractivity contribution is 7.89. The van der Waals surface area contributed by atoms with E-state index in [1.165, 1.54) is 22.5 Å². The lowest BCUT2D eigenvalue weighted by Gasteiger charge is -2.31. The zero-order valence-corrected chi connectivity index (χ0v) is 17.5. The van der Waals surface area contributed by atoms with Gasteiger partial charge >= 0.3 is 0 Å². The molecule has 30 heavy (non-hydrogen) atoms. The van der Waals surface area contributed by atoms with Crippen molar-refractivity contribution in [2.45, 2.75) is 43.5 Å². The maximum absolute atomic E-state index is 13.9. The van der Waals surface area contributed by atoms with E-state index in [0.717, 1.165) is 12.8 Å². The number of nitrogens with one attached hydrogen (secondary N) is 1. The fourth-order valence-electron chi connectivity index (χ4n) is 3.63. The predicted molar refractivity (Wildman–Crippen MR) is 109 cm³/mol. The van der Waals surface area contributed by atoms with Crippen molar-refractivity contribution >= 4 is 28.1 Å². The van der Waals surface area contributed by atoms with E-state index in [4.69, 9.17) is 4.52 Å². The number of aryl methyl sites for hydroxylation is 1. The van der Waals surface area contributed by atoms with Crippen molar-refractivity contribution < 1.29 is 22.1 Å². The third-order valence-electron chi connectivity index (χ3n) is 5.43. The summed E-state index contributed by atoms with van der Waals surface area (Å²) >= 11 is 0. The lowest BCUT2D eigenvalue weighted by atomic mass is 9.99. The predicted octanol–water partition coefficient (Wildman–Crippen LogP) is 2.97. The first-order chi connectivity index (χ1) is 14.4. The van der Waals surface area contributed by atoms with Crippen molar-refractivity contribution in [2.75, 3.05) is 13.1 Å². The monoisotopic (exact) mass is 433 g/mol. The van der Waals surface area contributed by atoms with Gasteiger partial charge in [0, 0.05) is 24.7 Å². The summed E-state index contributed by atoms with van der Waals surface area (Å²) in [6, 6.07) is 6.40. The molecule has 160 valence electrons. The van der Waals surface area contributed by atoms with Crippen LogP contribution in [0.25, 0.3) is 12.2 Å². The minimum atomic E-state index is -3.92. The molecule has 2 aliphatic rings. The minimum Gasteiger partial charge on any atom is -0.355 e. The number of carbonyl (C=O) groups excluding carboxylic acids is 1. The van der Waals surface area contributed by atoms with Crippen LogP contribution in [-0.2, 0) is 14.8 Å². The lowest BCUT2D eigenvalue weighted by molar-refractivity contribution is -0.126. The number of hydrogen-bond donors (Lipinski definition) is 1. The molecule has 2 aromatic rings. The molecule has 9 heteroatoms. The van der Waals surface area contributed by atoms with Crippen LogP contribution in [0.5, 0.6) is 0 Å². The highest BCUT2D eigenvalue weighted by atomic mass is 32.2. The van der Waals surface area contributed by atoms with Crippen LogP contribution in [0.2, 0.25) is 0 Å². The third-order valence-corrected chi connectivity index (χ3v) is 7.45. The Kier molecular flexibility index (Phi) is 5.75. The standard InChI is InChI=1S/C21H24FN3O4S/c1-14-20(19(29-24-14)11-8-15-5-2-3-7-18(15)22)30(27,28)25-12-4-6-16(13-25)21(26)23-17-9-10-17/h2-3,5,7-8,11,16-17H,4,6,9-10,12-13H2,1H3,(H,23,26)/b11-8+/t16-/m1/s1. The molecule has 2 heterocycles. The van der Waals surface area contributed by atoms with Gasteiger partial charge in [-0.1, -0.05) is 23.4 Å². The lowest BCUT2D eigenvalue weighted by Crippen LogP contribution is -2.46. The number of hydrogen-bond acceptors (Lipinski definition) is 5. The highest BCUT2D eigenvalue weighted by Gasteiger charge is 2.37. The van der Waals surface area contributed by atoms with Gasteiger partial charge in [0.15, 0.2) is 10.7 Å². The van der Waals surface area contributed by atoms with Crippen molar-refractivity contribution in [2.24, 2.45) is 5.92 Å². The average Bonchev–Trinajstić information content (AvgIpc) is 3.46. The van der Waals surface area contributed by atoms with Gasteiger partial charge in [0.1, 0.15) is 11.5 Å². The second-order valence-electron chi connectivity index (χ2n) is 7.80.